The SMILES string of the molecule is CC(C)CSc1ncc(N)cc1C(N)=O. The summed E-state index contributed by atoms with van der Waals surface area (Å²) in [7, 11) is 0. The highest BCUT2D eigenvalue weighted by Gasteiger charge is 2.11. The van der Waals surface area contributed by atoms with Gasteiger partial charge in [0.1, 0.15) is 5.03 Å². The van der Waals surface area contributed by atoms with E-state index in [1.165, 1.54) is 18.0 Å². The largest absolute Gasteiger partial charge is 0.397 e. The van der Waals surface area contributed by atoms with Gasteiger partial charge in [-0.3, -0.25) is 4.79 Å². The van der Waals surface area contributed by atoms with Crippen molar-refractivity contribution >= 4 is 23.4 Å². The Morgan fingerprint density at radius 3 is 2.80 bits per heavy atom. The first-order valence-electron chi connectivity index (χ1n) is 4.69. The molecule has 1 rings (SSSR count). The van der Waals surface area contributed by atoms with Gasteiger partial charge in [0, 0.05) is 5.75 Å². The summed E-state index contributed by atoms with van der Waals surface area (Å²) in [5.74, 6) is 0.952. The Bertz CT molecular complexity index is 366. The summed E-state index contributed by atoms with van der Waals surface area (Å²) in [6.07, 6.45) is 1.54. The molecular weight excluding hydrogens is 210 g/mol. The fourth-order valence-electron chi connectivity index (χ4n) is 1.01. The van der Waals surface area contributed by atoms with Crippen molar-refractivity contribution in [3.63, 3.8) is 0 Å². The number of carbonyl (C=O) groups excluding carboxylic acids is 1. The van der Waals surface area contributed by atoms with Gasteiger partial charge in [0.05, 0.1) is 17.4 Å². The van der Waals surface area contributed by atoms with Crippen LogP contribution in [0.2, 0.25) is 0 Å². The third-order valence-corrected chi connectivity index (χ3v) is 3.12. The van der Waals surface area contributed by atoms with E-state index in [-0.39, 0.29) is 0 Å². The Kier molecular flexibility index (Phi) is 3.96. The predicted octanol–water partition coefficient (Wildman–Crippen LogP) is 1.51. The Morgan fingerprint density at radius 1 is 1.60 bits per heavy atom. The van der Waals surface area contributed by atoms with Gasteiger partial charge in [-0.1, -0.05) is 13.8 Å². The van der Waals surface area contributed by atoms with Crippen LogP contribution in [0.5, 0.6) is 0 Å². The molecule has 0 aliphatic carbocycles. The van der Waals surface area contributed by atoms with Gasteiger partial charge in [-0.2, -0.15) is 0 Å². The fraction of sp³-hybridized carbons (Fsp3) is 0.400. The number of pyridine rings is 1. The van der Waals surface area contributed by atoms with Gasteiger partial charge in [-0.15, -0.1) is 11.8 Å². The predicted molar refractivity (Wildman–Crippen MR) is 62.7 cm³/mol. The van der Waals surface area contributed by atoms with Gasteiger partial charge < -0.3 is 11.5 Å². The van der Waals surface area contributed by atoms with Gasteiger partial charge in [0.2, 0.25) is 0 Å². The molecule has 0 aliphatic heterocycles. The highest BCUT2D eigenvalue weighted by atomic mass is 32.2. The molecule has 0 aromatic carbocycles. The molecule has 1 amide bonds. The molecule has 1 heterocycles. The van der Waals surface area contributed by atoms with Crippen molar-refractivity contribution in [1.29, 1.82) is 0 Å². The highest BCUT2D eigenvalue weighted by molar-refractivity contribution is 7.99. The second-order valence-electron chi connectivity index (χ2n) is 3.69. The number of primary amides is 1. The van der Waals surface area contributed by atoms with Gasteiger partial charge >= 0.3 is 0 Å². The molecule has 0 radical (unpaired) electrons. The summed E-state index contributed by atoms with van der Waals surface area (Å²) < 4.78 is 0. The number of amides is 1. The molecule has 0 bridgehead atoms. The topological polar surface area (TPSA) is 82.0 Å². The Morgan fingerprint density at radius 2 is 2.27 bits per heavy atom. The average Bonchev–Trinajstić information content (AvgIpc) is 2.15. The lowest BCUT2D eigenvalue weighted by Gasteiger charge is -2.07. The minimum atomic E-state index is -0.485. The van der Waals surface area contributed by atoms with Gasteiger partial charge in [-0.25, -0.2) is 4.98 Å². The number of thioether (sulfide) groups is 1. The van der Waals surface area contributed by atoms with Crippen LogP contribution in [-0.4, -0.2) is 16.6 Å². The number of hydrogen-bond acceptors (Lipinski definition) is 4. The van der Waals surface area contributed by atoms with Crippen LogP contribution in [0, 0.1) is 5.92 Å². The summed E-state index contributed by atoms with van der Waals surface area (Å²) in [6, 6.07) is 1.57. The molecular formula is C10H15N3OS. The monoisotopic (exact) mass is 225 g/mol. The van der Waals surface area contributed by atoms with Crippen molar-refractivity contribution in [2.24, 2.45) is 11.7 Å². The lowest BCUT2D eigenvalue weighted by atomic mass is 10.2. The summed E-state index contributed by atoms with van der Waals surface area (Å²) in [6.45, 7) is 4.21. The third-order valence-electron chi connectivity index (χ3n) is 1.69. The molecule has 0 unspecified atom stereocenters. The molecule has 0 spiro atoms. The Labute approximate surface area is 93.4 Å². The molecule has 0 fully saturated rings. The maximum Gasteiger partial charge on any atom is 0.251 e. The van der Waals surface area contributed by atoms with Crippen molar-refractivity contribution in [3.8, 4) is 0 Å². The van der Waals surface area contributed by atoms with Crippen LogP contribution in [0.1, 0.15) is 24.2 Å². The van der Waals surface area contributed by atoms with Crippen LogP contribution in [0.15, 0.2) is 17.3 Å². The summed E-state index contributed by atoms with van der Waals surface area (Å²) >= 11 is 1.52. The summed E-state index contributed by atoms with van der Waals surface area (Å²) in [5, 5.41) is 0.658. The van der Waals surface area contributed by atoms with E-state index in [2.05, 4.69) is 18.8 Å². The first-order valence-corrected chi connectivity index (χ1v) is 5.67. The zero-order chi connectivity index (χ0) is 11.4. The quantitative estimate of drug-likeness (QED) is 0.761. The maximum absolute atomic E-state index is 11.1. The number of nitrogens with zero attached hydrogens (tertiary/aromatic N) is 1. The molecule has 1 aromatic rings. The van der Waals surface area contributed by atoms with E-state index in [0.29, 0.717) is 22.2 Å². The number of hydrogen-bond donors (Lipinski definition) is 2. The van der Waals surface area contributed by atoms with E-state index in [9.17, 15) is 4.79 Å². The number of anilines is 1. The van der Waals surface area contributed by atoms with Crippen LogP contribution in [0.25, 0.3) is 0 Å². The smallest absolute Gasteiger partial charge is 0.251 e. The van der Waals surface area contributed by atoms with E-state index in [0.717, 1.165) is 5.75 Å². The molecule has 4 N–H and O–H groups in total. The minimum Gasteiger partial charge on any atom is -0.397 e. The second-order valence-corrected chi connectivity index (χ2v) is 4.70. The molecule has 5 heteroatoms. The number of nitrogens with two attached hydrogens (primary N) is 2. The average molecular weight is 225 g/mol. The maximum atomic E-state index is 11.1. The molecule has 15 heavy (non-hydrogen) atoms. The number of carbonyl (C=O) groups is 1. The standard InChI is InChI=1S/C10H15N3OS/c1-6(2)5-15-10-8(9(12)14)3-7(11)4-13-10/h3-4,6H,5,11H2,1-2H3,(H2,12,14). The Hall–Kier alpha value is -1.23. The summed E-state index contributed by atoms with van der Waals surface area (Å²) in [5.41, 5.74) is 11.6. The van der Waals surface area contributed by atoms with Gasteiger partial charge in [0.15, 0.2) is 0 Å². The zero-order valence-electron chi connectivity index (χ0n) is 8.86. The molecule has 4 nitrogen and oxygen atoms in total. The highest BCUT2D eigenvalue weighted by Crippen LogP contribution is 2.23. The van der Waals surface area contributed by atoms with E-state index in [1.54, 1.807) is 6.07 Å². The van der Waals surface area contributed by atoms with Crippen LogP contribution in [-0.2, 0) is 0 Å². The molecule has 0 atom stereocenters. The van der Waals surface area contributed by atoms with Crippen molar-refractivity contribution in [1.82, 2.24) is 4.98 Å². The Balaban J connectivity index is 2.91. The third kappa shape index (κ3) is 3.43. The number of aromatic nitrogens is 1. The normalized spacial score (nSPS) is 10.6. The van der Waals surface area contributed by atoms with Gasteiger partial charge in [0.25, 0.3) is 5.91 Å². The van der Waals surface area contributed by atoms with Crippen LogP contribution < -0.4 is 11.5 Å². The lowest BCUT2D eigenvalue weighted by Crippen LogP contribution is -2.14. The summed E-state index contributed by atoms with van der Waals surface area (Å²) in [4.78, 5) is 15.2. The van der Waals surface area contributed by atoms with E-state index in [4.69, 9.17) is 11.5 Å². The lowest BCUT2D eigenvalue weighted by molar-refractivity contribution is 0.0997. The molecule has 1 aromatic heterocycles. The van der Waals surface area contributed by atoms with E-state index in [1.807, 2.05) is 0 Å². The van der Waals surface area contributed by atoms with Gasteiger partial charge in [-0.05, 0) is 12.0 Å². The molecule has 0 aliphatic rings. The van der Waals surface area contributed by atoms with E-state index >= 15 is 0 Å². The molecule has 82 valence electrons. The van der Waals surface area contributed by atoms with Crippen molar-refractivity contribution in [2.75, 3.05) is 11.5 Å². The number of nitrogen functional groups attached to an aromatic ring is 1. The van der Waals surface area contributed by atoms with Crippen LogP contribution >= 0.6 is 11.8 Å². The van der Waals surface area contributed by atoms with Crippen LogP contribution in [0.4, 0.5) is 5.69 Å². The van der Waals surface area contributed by atoms with Crippen molar-refractivity contribution in [3.05, 3.63) is 17.8 Å². The zero-order valence-corrected chi connectivity index (χ0v) is 9.67. The number of rotatable bonds is 4. The molecule has 0 saturated carbocycles. The van der Waals surface area contributed by atoms with E-state index < -0.39 is 5.91 Å². The fourth-order valence-corrected chi connectivity index (χ4v) is 1.94. The first-order chi connectivity index (χ1) is 7.00. The second kappa shape index (κ2) is 5.02. The first kappa shape index (κ1) is 11.8. The molecule has 0 saturated heterocycles. The van der Waals surface area contributed by atoms with Crippen molar-refractivity contribution < 1.29 is 4.79 Å². The van der Waals surface area contributed by atoms with Crippen LogP contribution in [0.3, 0.4) is 0 Å². The van der Waals surface area contributed by atoms with Crippen molar-refractivity contribution in [2.45, 2.75) is 18.9 Å². The minimum absolute atomic E-state index is 0.403.